The van der Waals surface area contributed by atoms with Crippen molar-refractivity contribution in [1.82, 2.24) is 0 Å². The monoisotopic (exact) mass is 365 g/mol. The summed E-state index contributed by atoms with van der Waals surface area (Å²) in [4.78, 5) is 28.8. The van der Waals surface area contributed by atoms with E-state index in [2.05, 4.69) is 4.99 Å². The Labute approximate surface area is 159 Å². The molecule has 1 unspecified atom stereocenters. The number of rotatable bonds is 7. The Bertz CT molecular complexity index is 840. The second-order valence-electron chi connectivity index (χ2n) is 5.95. The number of benzene rings is 2. The lowest BCUT2D eigenvalue weighted by atomic mass is 10.0. The standard InChI is InChI=1S/C22H23NO4/c1-16-9-7-8-12-18(16)15-23-20(22(25)27-3)14-19(21(24)26-2)13-17-10-5-4-6-11-17/h4-13,15,20H,14H2,1-3H3/b19-13-,23-15?. The summed E-state index contributed by atoms with van der Waals surface area (Å²) in [6, 6.07) is 16.2. The second kappa shape index (κ2) is 10.1. The van der Waals surface area contributed by atoms with Gasteiger partial charge in [0.05, 0.1) is 14.2 Å². The van der Waals surface area contributed by atoms with Gasteiger partial charge in [0, 0.05) is 18.2 Å². The van der Waals surface area contributed by atoms with E-state index < -0.39 is 18.0 Å². The van der Waals surface area contributed by atoms with Gasteiger partial charge in [-0.15, -0.1) is 0 Å². The summed E-state index contributed by atoms with van der Waals surface area (Å²) in [7, 11) is 2.61. The predicted molar refractivity (Wildman–Crippen MR) is 106 cm³/mol. The Morgan fingerprint density at radius 2 is 1.67 bits per heavy atom. The first-order valence-electron chi connectivity index (χ1n) is 8.55. The molecule has 0 aliphatic rings. The molecule has 2 aromatic carbocycles. The lowest BCUT2D eigenvalue weighted by molar-refractivity contribution is -0.142. The van der Waals surface area contributed by atoms with Gasteiger partial charge in [0.2, 0.25) is 0 Å². The van der Waals surface area contributed by atoms with Gasteiger partial charge in [-0.2, -0.15) is 0 Å². The van der Waals surface area contributed by atoms with E-state index in [-0.39, 0.29) is 6.42 Å². The molecule has 27 heavy (non-hydrogen) atoms. The van der Waals surface area contributed by atoms with Crippen LogP contribution in [-0.4, -0.2) is 38.4 Å². The van der Waals surface area contributed by atoms with Crippen molar-refractivity contribution in [3.63, 3.8) is 0 Å². The van der Waals surface area contributed by atoms with E-state index in [1.165, 1.54) is 14.2 Å². The summed E-state index contributed by atoms with van der Waals surface area (Å²) >= 11 is 0. The van der Waals surface area contributed by atoms with Crippen molar-refractivity contribution >= 4 is 24.2 Å². The van der Waals surface area contributed by atoms with Crippen LogP contribution < -0.4 is 0 Å². The molecule has 1 atom stereocenters. The predicted octanol–water partition coefficient (Wildman–Crippen LogP) is 3.60. The first-order chi connectivity index (χ1) is 13.0. The maximum absolute atomic E-state index is 12.2. The lowest BCUT2D eigenvalue weighted by Gasteiger charge is -2.12. The number of aliphatic imine (C=N–C) groups is 1. The molecule has 5 nitrogen and oxygen atoms in total. The SMILES string of the molecule is COC(=O)/C(=C\c1ccccc1)CC(N=Cc1ccccc1C)C(=O)OC. The molecule has 0 radical (unpaired) electrons. The minimum Gasteiger partial charge on any atom is -0.467 e. The number of ether oxygens (including phenoxy) is 2. The van der Waals surface area contributed by atoms with Crippen molar-refractivity contribution < 1.29 is 19.1 Å². The molecule has 0 bridgehead atoms. The van der Waals surface area contributed by atoms with Crippen molar-refractivity contribution in [2.24, 2.45) is 4.99 Å². The number of carbonyl (C=O) groups excluding carboxylic acids is 2. The first kappa shape index (κ1) is 20.1. The Balaban J connectivity index is 2.31. The highest BCUT2D eigenvalue weighted by atomic mass is 16.5. The molecular weight excluding hydrogens is 342 g/mol. The molecule has 0 saturated carbocycles. The Morgan fingerprint density at radius 3 is 2.30 bits per heavy atom. The fraction of sp³-hybridized carbons (Fsp3) is 0.227. The minimum atomic E-state index is -0.844. The molecule has 0 aliphatic carbocycles. The van der Waals surface area contributed by atoms with Crippen molar-refractivity contribution in [2.45, 2.75) is 19.4 Å². The molecule has 2 rings (SSSR count). The van der Waals surface area contributed by atoms with E-state index in [4.69, 9.17) is 9.47 Å². The van der Waals surface area contributed by atoms with E-state index in [1.54, 1.807) is 12.3 Å². The van der Waals surface area contributed by atoms with Crippen LogP contribution in [0.1, 0.15) is 23.1 Å². The van der Waals surface area contributed by atoms with Gasteiger partial charge >= 0.3 is 11.9 Å². The number of hydrogen-bond donors (Lipinski definition) is 0. The molecule has 0 N–H and O–H groups in total. The maximum atomic E-state index is 12.2. The van der Waals surface area contributed by atoms with Crippen molar-refractivity contribution in [3.8, 4) is 0 Å². The fourth-order valence-corrected chi connectivity index (χ4v) is 2.53. The average Bonchev–Trinajstić information content (AvgIpc) is 2.70. The smallest absolute Gasteiger partial charge is 0.333 e. The van der Waals surface area contributed by atoms with Crippen LogP contribution >= 0.6 is 0 Å². The van der Waals surface area contributed by atoms with Gasteiger partial charge in [0.15, 0.2) is 6.04 Å². The van der Waals surface area contributed by atoms with Crippen LogP contribution in [-0.2, 0) is 19.1 Å². The van der Waals surface area contributed by atoms with Crippen LogP contribution in [0.25, 0.3) is 6.08 Å². The molecular formula is C22H23NO4. The maximum Gasteiger partial charge on any atom is 0.333 e. The number of aryl methyl sites for hydroxylation is 1. The zero-order valence-electron chi connectivity index (χ0n) is 15.7. The lowest BCUT2D eigenvalue weighted by Crippen LogP contribution is -2.23. The second-order valence-corrected chi connectivity index (χ2v) is 5.95. The van der Waals surface area contributed by atoms with Crippen LogP contribution in [0, 0.1) is 6.92 Å². The number of methoxy groups -OCH3 is 2. The van der Waals surface area contributed by atoms with Gasteiger partial charge in [0.25, 0.3) is 0 Å². The number of esters is 2. The highest BCUT2D eigenvalue weighted by molar-refractivity contribution is 5.95. The number of hydrogen-bond acceptors (Lipinski definition) is 5. The van der Waals surface area contributed by atoms with Gasteiger partial charge in [-0.05, 0) is 29.7 Å². The third-order valence-electron chi connectivity index (χ3n) is 4.06. The van der Waals surface area contributed by atoms with E-state index in [0.29, 0.717) is 5.57 Å². The third kappa shape index (κ3) is 5.92. The summed E-state index contributed by atoms with van der Waals surface area (Å²) in [5.74, 6) is -1.01. The summed E-state index contributed by atoms with van der Waals surface area (Å²) < 4.78 is 9.73. The molecule has 0 fully saturated rings. The highest BCUT2D eigenvalue weighted by Gasteiger charge is 2.23. The summed E-state index contributed by atoms with van der Waals surface area (Å²) in [6.45, 7) is 1.96. The Morgan fingerprint density at radius 1 is 1.00 bits per heavy atom. The van der Waals surface area contributed by atoms with E-state index >= 15 is 0 Å². The molecule has 140 valence electrons. The number of nitrogens with zero attached hydrogens (tertiary/aromatic N) is 1. The fourth-order valence-electron chi connectivity index (χ4n) is 2.53. The van der Waals surface area contributed by atoms with E-state index in [9.17, 15) is 9.59 Å². The molecule has 0 saturated heterocycles. The van der Waals surface area contributed by atoms with Gasteiger partial charge in [-0.3, -0.25) is 4.99 Å². The van der Waals surface area contributed by atoms with Crippen molar-refractivity contribution in [1.29, 1.82) is 0 Å². The van der Waals surface area contributed by atoms with Crippen molar-refractivity contribution in [2.75, 3.05) is 14.2 Å². The molecule has 5 heteroatoms. The number of carbonyl (C=O) groups is 2. The zero-order chi connectivity index (χ0) is 19.6. The van der Waals surface area contributed by atoms with Gasteiger partial charge < -0.3 is 9.47 Å². The minimum absolute atomic E-state index is 0.0800. The Hall–Kier alpha value is -3.21. The van der Waals surface area contributed by atoms with Crippen LogP contribution in [0.4, 0.5) is 0 Å². The van der Waals surface area contributed by atoms with Gasteiger partial charge in [-0.25, -0.2) is 9.59 Å². The molecule has 0 heterocycles. The normalized spacial score (nSPS) is 12.6. The zero-order valence-corrected chi connectivity index (χ0v) is 15.7. The molecule has 2 aromatic rings. The van der Waals surface area contributed by atoms with Crippen LogP contribution in [0.2, 0.25) is 0 Å². The van der Waals surface area contributed by atoms with Crippen molar-refractivity contribution in [3.05, 3.63) is 76.9 Å². The van der Waals surface area contributed by atoms with Gasteiger partial charge in [-0.1, -0.05) is 54.6 Å². The highest BCUT2D eigenvalue weighted by Crippen LogP contribution is 2.17. The quantitative estimate of drug-likeness (QED) is 0.427. The van der Waals surface area contributed by atoms with Gasteiger partial charge in [0.1, 0.15) is 0 Å². The molecule has 0 aromatic heterocycles. The molecule has 0 aliphatic heterocycles. The molecule has 0 spiro atoms. The average molecular weight is 365 g/mol. The summed E-state index contributed by atoms with van der Waals surface area (Å²) in [5.41, 5.74) is 3.13. The van der Waals surface area contributed by atoms with Crippen LogP contribution in [0.15, 0.2) is 65.2 Å². The largest absolute Gasteiger partial charge is 0.467 e. The summed E-state index contributed by atoms with van der Waals surface area (Å²) in [5, 5.41) is 0. The third-order valence-corrected chi connectivity index (χ3v) is 4.06. The van der Waals surface area contributed by atoms with E-state index in [1.807, 2.05) is 61.5 Å². The topological polar surface area (TPSA) is 65.0 Å². The molecule has 0 amide bonds. The Kier molecular flexibility index (Phi) is 7.49. The summed E-state index contributed by atoms with van der Waals surface area (Å²) in [6.07, 6.45) is 3.41. The van der Waals surface area contributed by atoms with E-state index in [0.717, 1.165) is 16.7 Å². The first-order valence-corrected chi connectivity index (χ1v) is 8.55. The van der Waals surface area contributed by atoms with Crippen LogP contribution in [0.3, 0.4) is 0 Å². The van der Waals surface area contributed by atoms with Crippen LogP contribution in [0.5, 0.6) is 0 Å².